The number of hydrogen-bond donors (Lipinski definition) is 1. The van der Waals surface area contributed by atoms with Gasteiger partial charge in [-0.15, -0.1) is 0 Å². The van der Waals surface area contributed by atoms with Crippen LogP contribution in [0, 0.1) is 6.92 Å². The lowest BCUT2D eigenvalue weighted by atomic mass is 10.1. The molecule has 0 saturated heterocycles. The number of nitrogen functional groups attached to an aromatic ring is 1. The maximum absolute atomic E-state index is 12.5. The molecule has 2 aromatic rings. The van der Waals surface area contributed by atoms with Gasteiger partial charge in [0.05, 0.1) is 6.42 Å². The lowest BCUT2D eigenvalue weighted by Gasteiger charge is -2.22. The number of amides is 1. The van der Waals surface area contributed by atoms with Crippen molar-refractivity contribution in [3.8, 4) is 0 Å². The topological polar surface area (TPSA) is 46.3 Å². The van der Waals surface area contributed by atoms with Gasteiger partial charge in [-0.1, -0.05) is 48.0 Å². The normalized spacial score (nSPS) is 10.4. The first-order chi connectivity index (χ1) is 10.1. The minimum atomic E-state index is 0.131. The summed E-state index contributed by atoms with van der Waals surface area (Å²) >= 11 is 0. The van der Waals surface area contributed by atoms with Gasteiger partial charge in [-0.05, 0) is 31.0 Å². The minimum absolute atomic E-state index is 0.131. The standard InChI is InChI=1S/C18H22N2O/c1-3-20(13-16-9-4-5-10-17(16)19)18(21)12-15-8-6-7-14(2)11-15/h4-11H,3,12-13,19H2,1-2H3. The number of para-hydroxylation sites is 1. The van der Waals surface area contributed by atoms with Crippen LogP contribution in [0.1, 0.15) is 23.6 Å². The number of anilines is 1. The Hall–Kier alpha value is -2.29. The van der Waals surface area contributed by atoms with Gasteiger partial charge in [0, 0.05) is 18.8 Å². The fourth-order valence-electron chi connectivity index (χ4n) is 2.37. The number of carbonyl (C=O) groups excluding carboxylic acids is 1. The largest absolute Gasteiger partial charge is 0.398 e. The molecule has 0 spiro atoms. The van der Waals surface area contributed by atoms with E-state index >= 15 is 0 Å². The fraction of sp³-hybridized carbons (Fsp3) is 0.278. The maximum atomic E-state index is 12.5. The second kappa shape index (κ2) is 6.93. The molecule has 0 radical (unpaired) electrons. The third kappa shape index (κ3) is 4.09. The summed E-state index contributed by atoms with van der Waals surface area (Å²) in [4.78, 5) is 14.3. The van der Waals surface area contributed by atoms with Crippen LogP contribution in [0.5, 0.6) is 0 Å². The number of carbonyl (C=O) groups is 1. The second-order valence-corrected chi connectivity index (χ2v) is 5.27. The molecule has 0 saturated carbocycles. The van der Waals surface area contributed by atoms with E-state index in [1.54, 1.807) is 0 Å². The first-order valence-electron chi connectivity index (χ1n) is 7.27. The highest BCUT2D eigenvalue weighted by Gasteiger charge is 2.14. The van der Waals surface area contributed by atoms with E-state index in [-0.39, 0.29) is 5.91 Å². The van der Waals surface area contributed by atoms with Gasteiger partial charge in [-0.2, -0.15) is 0 Å². The summed E-state index contributed by atoms with van der Waals surface area (Å²) in [6.07, 6.45) is 0.433. The molecule has 1 amide bonds. The van der Waals surface area contributed by atoms with Gasteiger partial charge in [0.2, 0.25) is 5.91 Å². The highest BCUT2D eigenvalue weighted by molar-refractivity contribution is 5.79. The van der Waals surface area contributed by atoms with Crippen molar-refractivity contribution < 1.29 is 4.79 Å². The van der Waals surface area contributed by atoms with Crippen LogP contribution in [0.25, 0.3) is 0 Å². The Bertz CT molecular complexity index is 622. The molecule has 2 aromatic carbocycles. The van der Waals surface area contributed by atoms with Crippen molar-refractivity contribution in [2.45, 2.75) is 26.8 Å². The molecule has 110 valence electrons. The number of likely N-dealkylation sites (N-methyl/N-ethyl adjacent to an activating group) is 1. The zero-order valence-electron chi connectivity index (χ0n) is 12.7. The summed E-state index contributed by atoms with van der Waals surface area (Å²) in [7, 11) is 0. The van der Waals surface area contributed by atoms with Crippen LogP contribution in [0.15, 0.2) is 48.5 Å². The second-order valence-electron chi connectivity index (χ2n) is 5.27. The Labute approximate surface area is 126 Å². The van der Waals surface area contributed by atoms with Gasteiger partial charge >= 0.3 is 0 Å². The number of aryl methyl sites for hydroxylation is 1. The van der Waals surface area contributed by atoms with E-state index in [9.17, 15) is 4.79 Å². The van der Waals surface area contributed by atoms with E-state index in [4.69, 9.17) is 5.73 Å². The quantitative estimate of drug-likeness (QED) is 0.856. The molecule has 0 aliphatic carbocycles. The predicted octanol–water partition coefficient (Wildman–Crippen LogP) is 3.17. The van der Waals surface area contributed by atoms with Gasteiger partial charge in [-0.25, -0.2) is 0 Å². The van der Waals surface area contributed by atoms with E-state index in [1.165, 1.54) is 5.56 Å². The van der Waals surface area contributed by atoms with Crippen molar-refractivity contribution in [3.05, 3.63) is 65.2 Å². The number of benzene rings is 2. The third-order valence-electron chi connectivity index (χ3n) is 3.59. The molecule has 0 fully saturated rings. The summed E-state index contributed by atoms with van der Waals surface area (Å²) in [5.41, 5.74) is 9.92. The van der Waals surface area contributed by atoms with Crippen molar-refractivity contribution in [1.82, 2.24) is 4.90 Å². The lowest BCUT2D eigenvalue weighted by molar-refractivity contribution is -0.130. The van der Waals surface area contributed by atoms with E-state index in [2.05, 4.69) is 6.07 Å². The summed E-state index contributed by atoms with van der Waals surface area (Å²) in [6, 6.07) is 15.8. The van der Waals surface area contributed by atoms with Crippen LogP contribution in [-0.4, -0.2) is 17.4 Å². The Morgan fingerprint density at radius 3 is 2.57 bits per heavy atom. The van der Waals surface area contributed by atoms with Gasteiger partial charge in [0.15, 0.2) is 0 Å². The van der Waals surface area contributed by atoms with Gasteiger partial charge in [-0.3, -0.25) is 4.79 Å². The van der Waals surface area contributed by atoms with Crippen LogP contribution in [0.4, 0.5) is 5.69 Å². The highest BCUT2D eigenvalue weighted by Crippen LogP contribution is 2.14. The molecule has 0 atom stereocenters. The number of rotatable bonds is 5. The molecule has 2 N–H and O–H groups in total. The number of hydrogen-bond acceptors (Lipinski definition) is 2. The maximum Gasteiger partial charge on any atom is 0.227 e. The van der Waals surface area contributed by atoms with Crippen LogP contribution < -0.4 is 5.73 Å². The molecule has 0 unspecified atom stereocenters. The van der Waals surface area contributed by atoms with E-state index in [0.717, 1.165) is 16.8 Å². The summed E-state index contributed by atoms with van der Waals surface area (Å²) in [5, 5.41) is 0. The van der Waals surface area contributed by atoms with Gasteiger partial charge in [0.25, 0.3) is 0 Å². The number of nitrogens with zero attached hydrogens (tertiary/aromatic N) is 1. The van der Waals surface area contributed by atoms with Crippen LogP contribution in [0.3, 0.4) is 0 Å². The summed E-state index contributed by atoms with van der Waals surface area (Å²) in [5.74, 6) is 0.131. The lowest BCUT2D eigenvalue weighted by Crippen LogP contribution is -2.31. The van der Waals surface area contributed by atoms with Crippen molar-refractivity contribution in [3.63, 3.8) is 0 Å². The molecule has 0 aromatic heterocycles. The van der Waals surface area contributed by atoms with Crippen molar-refractivity contribution in [1.29, 1.82) is 0 Å². The van der Waals surface area contributed by atoms with Crippen molar-refractivity contribution in [2.24, 2.45) is 0 Å². The van der Waals surface area contributed by atoms with Crippen molar-refractivity contribution in [2.75, 3.05) is 12.3 Å². The third-order valence-corrected chi connectivity index (χ3v) is 3.59. The molecule has 0 heterocycles. The fourth-order valence-corrected chi connectivity index (χ4v) is 2.37. The zero-order valence-corrected chi connectivity index (χ0v) is 12.7. The van der Waals surface area contributed by atoms with E-state index in [1.807, 2.05) is 61.2 Å². The van der Waals surface area contributed by atoms with Crippen LogP contribution in [-0.2, 0) is 17.8 Å². The van der Waals surface area contributed by atoms with E-state index in [0.29, 0.717) is 19.5 Å². The Kier molecular flexibility index (Phi) is 4.99. The predicted molar refractivity (Wildman–Crippen MR) is 86.8 cm³/mol. The SMILES string of the molecule is CCN(Cc1ccccc1N)C(=O)Cc1cccc(C)c1. The Balaban J connectivity index is 2.07. The highest BCUT2D eigenvalue weighted by atomic mass is 16.2. The molecule has 0 bridgehead atoms. The van der Waals surface area contributed by atoms with Gasteiger partial charge in [0.1, 0.15) is 0 Å². The molecular weight excluding hydrogens is 260 g/mol. The molecule has 0 aliphatic heterocycles. The summed E-state index contributed by atoms with van der Waals surface area (Å²) < 4.78 is 0. The number of nitrogens with two attached hydrogens (primary N) is 1. The molecule has 3 nitrogen and oxygen atoms in total. The first-order valence-corrected chi connectivity index (χ1v) is 7.27. The molecule has 21 heavy (non-hydrogen) atoms. The summed E-state index contributed by atoms with van der Waals surface area (Å²) in [6.45, 7) is 5.27. The van der Waals surface area contributed by atoms with Crippen molar-refractivity contribution >= 4 is 11.6 Å². The Morgan fingerprint density at radius 2 is 1.90 bits per heavy atom. The first kappa shape index (κ1) is 15.1. The molecular formula is C18H22N2O. The average molecular weight is 282 g/mol. The monoisotopic (exact) mass is 282 g/mol. The zero-order chi connectivity index (χ0) is 15.2. The van der Waals surface area contributed by atoms with Crippen LogP contribution in [0.2, 0.25) is 0 Å². The smallest absolute Gasteiger partial charge is 0.227 e. The van der Waals surface area contributed by atoms with E-state index < -0.39 is 0 Å². The molecule has 3 heteroatoms. The molecule has 0 aliphatic rings. The molecule has 2 rings (SSSR count). The minimum Gasteiger partial charge on any atom is -0.398 e. The van der Waals surface area contributed by atoms with Gasteiger partial charge < -0.3 is 10.6 Å². The van der Waals surface area contributed by atoms with Crippen LogP contribution >= 0.6 is 0 Å². The average Bonchev–Trinajstić information content (AvgIpc) is 2.46. The Morgan fingerprint density at radius 1 is 1.14 bits per heavy atom.